The van der Waals surface area contributed by atoms with Crippen LogP contribution in [0.3, 0.4) is 0 Å². The lowest BCUT2D eigenvalue weighted by molar-refractivity contribution is 0.240. The van der Waals surface area contributed by atoms with Crippen molar-refractivity contribution in [2.45, 2.75) is 38.8 Å². The molecule has 2 heteroatoms. The van der Waals surface area contributed by atoms with Crippen molar-refractivity contribution in [1.82, 2.24) is 5.32 Å². The fourth-order valence-corrected chi connectivity index (χ4v) is 2.32. The van der Waals surface area contributed by atoms with Gasteiger partial charge in [0.1, 0.15) is 0 Å². The lowest BCUT2D eigenvalue weighted by Gasteiger charge is -2.18. The molecule has 2 N–H and O–H groups in total. The van der Waals surface area contributed by atoms with Crippen LogP contribution >= 0.6 is 0 Å². The highest BCUT2D eigenvalue weighted by molar-refractivity contribution is 5.37. The first-order valence-corrected chi connectivity index (χ1v) is 5.67. The number of benzene rings is 1. The molecule has 1 aliphatic carbocycles. The Labute approximate surface area is 91.3 Å². The van der Waals surface area contributed by atoms with Crippen LogP contribution in [0, 0.1) is 6.92 Å². The fourth-order valence-electron chi connectivity index (χ4n) is 2.32. The van der Waals surface area contributed by atoms with Gasteiger partial charge in [0.2, 0.25) is 0 Å². The fraction of sp³-hybridized carbons (Fsp3) is 0.538. The molecule has 0 bridgehead atoms. The van der Waals surface area contributed by atoms with Gasteiger partial charge in [0.15, 0.2) is 0 Å². The van der Waals surface area contributed by atoms with E-state index in [1.54, 1.807) is 0 Å². The predicted molar refractivity (Wildman–Crippen MR) is 61.9 cm³/mol. The van der Waals surface area contributed by atoms with Gasteiger partial charge in [-0.1, -0.05) is 23.8 Å². The molecule has 1 aliphatic rings. The highest BCUT2D eigenvalue weighted by Crippen LogP contribution is 2.31. The highest BCUT2D eigenvalue weighted by Gasteiger charge is 2.22. The van der Waals surface area contributed by atoms with E-state index in [0.717, 1.165) is 12.8 Å². The molecule has 0 radical (unpaired) electrons. The van der Waals surface area contributed by atoms with Crippen LogP contribution in [0.25, 0.3) is 0 Å². The predicted octanol–water partition coefficient (Wildman–Crippen LogP) is 1.95. The van der Waals surface area contributed by atoms with Crippen molar-refractivity contribution < 1.29 is 5.11 Å². The summed E-state index contributed by atoms with van der Waals surface area (Å²) in [5.41, 5.74) is 4.23. The number of hydrogen-bond donors (Lipinski definition) is 2. The van der Waals surface area contributed by atoms with Gasteiger partial charge in [-0.15, -0.1) is 0 Å². The van der Waals surface area contributed by atoms with E-state index in [9.17, 15) is 0 Å². The topological polar surface area (TPSA) is 32.3 Å². The van der Waals surface area contributed by atoms with Crippen LogP contribution in [0.1, 0.15) is 36.1 Å². The first-order chi connectivity index (χ1) is 7.20. The van der Waals surface area contributed by atoms with E-state index in [1.165, 1.54) is 16.7 Å². The van der Waals surface area contributed by atoms with Crippen LogP contribution < -0.4 is 5.32 Å². The van der Waals surface area contributed by atoms with Gasteiger partial charge in [0.05, 0.1) is 6.61 Å². The summed E-state index contributed by atoms with van der Waals surface area (Å²) in [6.07, 6.45) is 2.32. The maximum absolute atomic E-state index is 9.02. The number of nitrogens with one attached hydrogen (secondary N) is 1. The molecule has 2 atom stereocenters. The lowest BCUT2D eigenvalue weighted by Crippen LogP contribution is -2.32. The van der Waals surface area contributed by atoms with Crippen LogP contribution in [0.4, 0.5) is 0 Å². The molecule has 2 rings (SSSR count). The summed E-state index contributed by atoms with van der Waals surface area (Å²) in [4.78, 5) is 0. The first kappa shape index (κ1) is 10.7. The summed E-state index contributed by atoms with van der Waals surface area (Å²) in [5.74, 6) is 0. The van der Waals surface area contributed by atoms with Crippen LogP contribution in [0.2, 0.25) is 0 Å². The van der Waals surface area contributed by atoms with Gasteiger partial charge in [-0.3, -0.25) is 0 Å². The van der Waals surface area contributed by atoms with Crippen molar-refractivity contribution >= 4 is 0 Å². The zero-order valence-electron chi connectivity index (χ0n) is 9.46. The number of fused-ring (bicyclic) bond motifs is 1. The number of rotatable bonds is 3. The van der Waals surface area contributed by atoms with E-state index in [-0.39, 0.29) is 12.6 Å². The minimum Gasteiger partial charge on any atom is -0.395 e. The van der Waals surface area contributed by atoms with E-state index in [1.807, 2.05) is 6.92 Å². The number of aliphatic hydroxyl groups excluding tert-OH is 1. The average molecular weight is 205 g/mol. The second-order valence-electron chi connectivity index (χ2n) is 4.54. The smallest absolute Gasteiger partial charge is 0.0582 e. The van der Waals surface area contributed by atoms with Crippen LogP contribution in [0.15, 0.2) is 18.2 Å². The Morgan fingerprint density at radius 2 is 2.33 bits per heavy atom. The minimum atomic E-state index is 0.183. The van der Waals surface area contributed by atoms with E-state index in [0.29, 0.717) is 6.04 Å². The molecule has 0 saturated carbocycles. The zero-order valence-corrected chi connectivity index (χ0v) is 9.46. The quantitative estimate of drug-likeness (QED) is 0.790. The Bertz CT molecular complexity index is 348. The molecular formula is C13H19NO. The van der Waals surface area contributed by atoms with Crippen molar-refractivity contribution in [2.75, 3.05) is 6.61 Å². The van der Waals surface area contributed by atoms with Crippen molar-refractivity contribution in [3.05, 3.63) is 34.9 Å². The molecule has 0 aromatic heterocycles. The normalized spacial score (nSPS) is 21.4. The van der Waals surface area contributed by atoms with Crippen molar-refractivity contribution in [1.29, 1.82) is 0 Å². The first-order valence-electron chi connectivity index (χ1n) is 5.67. The Balaban J connectivity index is 2.14. The van der Waals surface area contributed by atoms with Gasteiger partial charge in [-0.05, 0) is 37.8 Å². The summed E-state index contributed by atoms with van der Waals surface area (Å²) in [6.45, 7) is 4.36. The average Bonchev–Trinajstić information content (AvgIpc) is 2.60. The third-order valence-corrected chi connectivity index (χ3v) is 3.14. The molecule has 15 heavy (non-hydrogen) atoms. The molecule has 0 saturated heterocycles. The minimum absolute atomic E-state index is 0.183. The summed E-state index contributed by atoms with van der Waals surface area (Å²) >= 11 is 0. The maximum Gasteiger partial charge on any atom is 0.0582 e. The molecule has 1 aromatic carbocycles. The van der Waals surface area contributed by atoms with Gasteiger partial charge >= 0.3 is 0 Å². The van der Waals surface area contributed by atoms with E-state index < -0.39 is 0 Å². The van der Waals surface area contributed by atoms with E-state index in [4.69, 9.17) is 5.11 Å². The molecular weight excluding hydrogens is 186 g/mol. The molecule has 0 aliphatic heterocycles. The monoisotopic (exact) mass is 205 g/mol. The molecule has 1 unspecified atom stereocenters. The Kier molecular flexibility index (Phi) is 3.08. The molecule has 1 aromatic rings. The second kappa shape index (κ2) is 4.33. The van der Waals surface area contributed by atoms with Crippen molar-refractivity contribution in [3.63, 3.8) is 0 Å². The summed E-state index contributed by atoms with van der Waals surface area (Å²) < 4.78 is 0. The Morgan fingerprint density at radius 1 is 1.53 bits per heavy atom. The molecule has 0 heterocycles. The Hall–Kier alpha value is -0.860. The largest absolute Gasteiger partial charge is 0.395 e. The van der Waals surface area contributed by atoms with Crippen LogP contribution in [0.5, 0.6) is 0 Å². The van der Waals surface area contributed by atoms with Crippen molar-refractivity contribution in [2.24, 2.45) is 0 Å². The number of hydrogen-bond acceptors (Lipinski definition) is 2. The van der Waals surface area contributed by atoms with Crippen molar-refractivity contribution in [3.8, 4) is 0 Å². The maximum atomic E-state index is 9.02. The molecule has 0 amide bonds. The number of aryl methyl sites for hydroxylation is 2. The molecule has 0 spiro atoms. The summed E-state index contributed by atoms with van der Waals surface area (Å²) in [5, 5.41) is 12.5. The molecule has 0 fully saturated rings. The SMILES string of the molecule is Cc1ccc2c(c1)CCC2N[C@H](C)CO. The highest BCUT2D eigenvalue weighted by atomic mass is 16.3. The lowest BCUT2D eigenvalue weighted by atomic mass is 10.1. The zero-order chi connectivity index (χ0) is 10.8. The third kappa shape index (κ3) is 2.21. The van der Waals surface area contributed by atoms with Gasteiger partial charge in [-0.25, -0.2) is 0 Å². The molecule has 82 valence electrons. The standard InChI is InChI=1S/C13H19NO/c1-9-3-5-12-11(7-9)4-6-13(12)14-10(2)8-15/h3,5,7,10,13-15H,4,6,8H2,1-2H3/t10-,13?/m1/s1. The second-order valence-corrected chi connectivity index (χ2v) is 4.54. The van der Waals surface area contributed by atoms with Gasteiger partial charge in [0, 0.05) is 12.1 Å². The van der Waals surface area contributed by atoms with Crippen LogP contribution in [-0.4, -0.2) is 17.8 Å². The van der Waals surface area contributed by atoms with Gasteiger partial charge in [0.25, 0.3) is 0 Å². The Morgan fingerprint density at radius 3 is 3.07 bits per heavy atom. The number of aliphatic hydroxyl groups is 1. The summed E-state index contributed by atoms with van der Waals surface area (Å²) in [7, 11) is 0. The van der Waals surface area contributed by atoms with E-state index in [2.05, 4.69) is 30.4 Å². The van der Waals surface area contributed by atoms with Crippen LogP contribution in [-0.2, 0) is 6.42 Å². The molecule has 2 nitrogen and oxygen atoms in total. The third-order valence-electron chi connectivity index (χ3n) is 3.14. The van der Waals surface area contributed by atoms with Gasteiger partial charge < -0.3 is 10.4 Å². The van der Waals surface area contributed by atoms with E-state index >= 15 is 0 Å². The van der Waals surface area contributed by atoms with Gasteiger partial charge in [-0.2, -0.15) is 0 Å². The summed E-state index contributed by atoms with van der Waals surface area (Å²) in [6, 6.07) is 7.28.